The zero-order valence-corrected chi connectivity index (χ0v) is 12.1. The second kappa shape index (κ2) is 7.89. The molecule has 0 fully saturated rings. The van der Waals surface area contributed by atoms with Crippen molar-refractivity contribution in [2.75, 3.05) is 0 Å². The van der Waals surface area contributed by atoms with Crippen LogP contribution in [-0.2, 0) is 4.79 Å². The summed E-state index contributed by atoms with van der Waals surface area (Å²) >= 11 is 0. The molecule has 0 bridgehead atoms. The standard InChI is InChI=1S/C15H25N3O/c1-11(6-4-7-12(2)16)15(19)18-13(3)14-8-5-9-17-10-14/h5,8-13H,4,6-7,16H2,1-3H3,(H,18,19)/t11?,12?,13-/m1/s1. The lowest BCUT2D eigenvalue weighted by Crippen LogP contribution is -2.31. The van der Waals surface area contributed by atoms with Crippen LogP contribution >= 0.6 is 0 Å². The number of carbonyl (C=O) groups excluding carboxylic acids is 1. The van der Waals surface area contributed by atoms with Gasteiger partial charge < -0.3 is 11.1 Å². The molecule has 3 N–H and O–H groups in total. The Bertz CT molecular complexity index is 378. The van der Waals surface area contributed by atoms with Crippen molar-refractivity contribution in [3.8, 4) is 0 Å². The van der Waals surface area contributed by atoms with Crippen LogP contribution < -0.4 is 11.1 Å². The van der Waals surface area contributed by atoms with Gasteiger partial charge in [-0.25, -0.2) is 0 Å². The molecule has 4 nitrogen and oxygen atoms in total. The number of rotatable bonds is 7. The minimum atomic E-state index is -0.00270. The van der Waals surface area contributed by atoms with Gasteiger partial charge in [0.2, 0.25) is 5.91 Å². The molecule has 1 heterocycles. The lowest BCUT2D eigenvalue weighted by Gasteiger charge is -2.18. The fraction of sp³-hybridized carbons (Fsp3) is 0.600. The number of hydrogen-bond acceptors (Lipinski definition) is 3. The summed E-state index contributed by atoms with van der Waals surface area (Å²) in [5.41, 5.74) is 6.73. The van der Waals surface area contributed by atoms with Gasteiger partial charge in [0.05, 0.1) is 6.04 Å². The molecular weight excluding hydrogens is 238 g/mol. The number of hydrogen-bond donors (Lipinski definition) is 2. The average molecular weight is 263 g/mol. The summed E-state index contributed by atoms with van der Waals surface area (Å²) in [5, 5.41) is 3.02. The zero-order chi connectivity index (χ0) is 14.3. The fourth-order valence-electron chi connectivity index (χ4n) is 1.95. The smallest absolute Gasteiger partial charge is 0.223 e. The average Bonchev–Trinajstić information content (AvgIpc) is 2.39. The molecule has 0 aromatic carbocycles. The minimum Gasteiger partial charge on any atom is -0.349 e. The normalized spacial score (nSPS) is 15.6. The summed E-state index contributed by atoms with van der Waals surface area (Å²) in [5.74, 6) is 0.124. The number of aromatic nitrogens is 1. The highest BCUT2D eigenvalue weighted by molar-refractivity contribution is 5.78. The minimum absolute atomic E-state index is 0.00270. The zero-order valence-electron chi connectivity index (χ0n) is 12.1. The molecule has 0 radical (unpaired) electrons. The third-order valence-corrected chi connectivity index (χ3v) is 3.29. The van der Waals surface area contributed by atoms with Crippen molar-refractivity contribution in [3.63, 3.8) is 0 Å². The third kappa shape index (κ3) is 5.83. The molecule has 2 unspecified atom stereocenters. The first-order valence-corrected chi connectivity index (χ1v) is 6.96. The van der Waals surface area contributed by atoms with E-state index >= 15 is 0 Å². The maximum absolute atomic E-state index is 12.0. The summed E-state index contributed by atoms with van der Waals surface area (Å²) in [6.07, 6.45) is 6.36. The van der Waals surface area contributed by atoms with E-state index in [0.717, 1.165) is 24.8 Å². The first-order chi connectivity index (χ1) is 9.00. The van der Waals surface area contributed by atoms with Crippen LogP contribution in [0.15, 0.2) is 24.5 Å². The molecule has 0 spiro atoms. The van der Waals surface area contributed by atoms with Gasteiger partial charge in [0.1, 0.15) is 0 Å². The second-order valence-electron chi connectivity index (χ2n) is 5.33. The van der Waals surface area contributed by atoms with Crippen LogP contribution in [0.3, 0.4) is 0 Å². The summed E-state index contributed by atoms with van der Waals surface area (Å²) in [4.78, 5) is 16.1. The molecule has 1 rings (SSSR count). The monoisotopic (exact) mass is 263 g/mol. The Kier molecular flexibility index (Phi) is 6.50. The quantitative estimate of drug-likeness (QED) is 0.793. The van der Waals surface area contributed by atoms with Gasteiger partial charge in [0.15, 0.2) is 0 Å². The number of amides is 1. The number of nitrogens with zero attached hydrogens (tertiary/aromatic N) is 1. The van der Waals surface area contributed by atoms with E-state index in [9.17, 15) is 4.79 Å². The van der Waals surface area contributed by atoms with Crippen molar-refractivity contribution in [2.24, 2.45) is 11.7 Å². The molecule has 1 aromatic heterocycles. The van der Waals surface area contributed by atoms with E-state index in [-0.39, 0.29) is 23.9 Å². The Morgan fingerprint density at radius 3 is 2.68 bits per heavy atom. The first kappa shape index (κ1) is 15.6. The third-order valence-electron chi connectivity index (χ3n) is 3.29. The van der Waals surface area contributed by atoms with E-state index in [2.05, 4.69) is 10.3 Å². The molecule has 1 aromatic rings. The van der Waals surface area contributed by atoms with Crippen molar-refractivity contribution in [1.29, 1.82) is 0 Å². The topological polar surface area (TPSA) is 68.0 Å². The molecule has 106 valence electrons. The van der Waals surface area contributed by atoms with Crippen LogP contribution in [0, 0.1) is 5.92 Å². The van der Waals surface area contributed by atoms with Crippen LogP contribution in [-0.4, -0.2) is 16.9 Å². The van der Waals surface area contributed by atoms with E-state index < -0.39 is 0 Å². The van der Waals surface area contributed by atoms with Crippen molar-refractivity contribution in [1.82, 2.24) is 10.3 Å². The maximum Gasteiger partial charge on any atom is 0.223 e. The molecule has 0 saturated heterocycles. The van der Waals surface area contributed by atoms with Gasteiger partial charge in [-0.05, 0) is 38.3 Å². The maximum atomic E-state index is 12.0. The SMILES string of the molecule is CC(N)CCCC(C)C(=O)N[C@H](C)c1cccnc1. The van der Waals surface area contributed by atoms with Crippen molar-refractivity contribution < 1.29 is 4.79 Å². The van der Waals surface area contributed by atoms with Crippen LogP contribution in [0.5, 0.6) is 0 Å². The molecule has 0 aliphatic heterocycles. The molecule has 19 heavy (non-hydrogen) atoms. The molecule has 0 saturated carbocycles. The Hall–Kier alpha value is -1.42. The van der Waals surface area contributed by atoms with Gasteiger partial charge in [-0.3, -0.25) is 9.78 Å². The largest absolute Gasteiger partial charge is 0.349 e. The van der Waals surface area contributed by atoms with Gasteiger partial charge in [-0.1, -0.05) is 19.4 Å². The van der Waals surface area contributed by atoms with Crippen LogP contribution in [0.2, 0.25) is 0 Å². The summed E-state index contributed by atoms with van der Waals surface area (Å²) < 4.78 is 0. The Morgan fingerprint density at radius 1 is 1.37 bits per heavy atom. The lowest BCUT2D eigenvalue weighted by molar-refractivity contribution is -0.125. The van der Waals surface area contributed by atoms with Crippen molar-refractivity contribution in [3.05, 3.63) is 30.1 Å². The molecule has 4 heteroatoms. The number of nitrogens with one attached hydrogen (secondary N) is 1. The van der Waals surface area contributed by atoms with E-state index in [0.29, 0.717) is 0 Å². The van der Waals surface area contributed by atoms with Crippen LogP contribution in [0.1, 0.15) is 51.6 Å². The van der Waals surface area contributed by atoms with Gasteiger partial charge in [-0.2, -0.15) is 0 Å². The summed E-state index contributed by atoms with van der Waals surface area (Å²) in [6, 6.07) is 4.06. The Labute approximate surface area is 115 Å². The highest BCUT2D eigenvalue weighted by atomic mass is 16.1. The molecule has 0 aliphatic rings. The highest BCUT2D eigenvalue weighted by Gasteiger charge is 2.16. The van der Waals surface area contributed by atoms with Gasteiger partial charge in [0, 0.05) is 24.4 Å². The van der Waals surface area contributed by atoms with E-state index in [4.69, 9.17) is 5.73 Å². The van der Waals surface area contributed by atoms with E-state index in [1.165, 1.54) is 0 Å². The van der Waals surface area contributed by atoms with Crippen molar-refractivity contribution in [2.45, 2.75) is 52.1 Å². The Morgan fingerprint density at radius 2 is 2.11 bits per heavy atom. The predicted molar refractivity (Wildman–Crippen MR) is 77.5 cm³/mol. The van der Waals surface area contributed by atoms with Gasteiger partial charge in [0.25, 0.3) is 0 Å². The van der Waals surface area contributed by atoms with Crippen LogP contribution in [0.25, 0.3) is 0 Å². The first-order valence-electron chi connectivity index (χ1n) is 6.96. The van der Waals surface area contributed by atoms with E-state index in [1.807, 2.05) is 32.9 Å². The number of nitrogens with two attached hydrogens (primary N) is 1. The van der Waals surface area contributed by atoms with Crippen LogP contribution in [0.4, 0.5) is 0 Å². The summed E-state index contributed by atoms with van der Waals surface area (Å²) in [6.45, 7) is 5.94. The highest BCUT2D eigenvalue weighted by Crippen LogP contribution is 2.14. The fourth-order valence-corrected chi connectivity index (χ4v) is 1.95. The number of pyridine rings is 1. The Balaban J connectivity index is 2.37. The van der Waals surface area contributed by atoms with Crippen molar-refractivity contribution >= 4 is 5.91 Å². The number of carbonyl (C=O) groups is 1. The van der Waals surface area contributed by atoms with Gasteiger partial charge >= 0.3 is 0 Å². The molecule has 0 aliphatic carbocycles. The molecule has 3 atom stereocenters. The lowest BCUT2D eigenvalue weighted by atomic mass is 10.0. The predicted octanol–water partition coefficient (Wildman–Crippen LogP) is 2.41. The molecular formula is C15H25N3O. The van der Waals surface area contributed by atoms with E-state index in [1.54, 1.807) is 12.4 Å². The van der Waals surface area contributed by atoms with Gasteiger partial charge in [-0.15, -0.1) is 0 Å². The molecule has 1 amide bonds. The second-order valence-corrected chi connectivity index (χ2v) is 5.33. The summed E-state index contributed by atoms with van der Waals surface area (Å²) in [7, 11) is 0.